The second-order valence-electron chi connectivity index (χ2n) is 7.05. The lowest BCUT2D eigenvalue weighted by atomic mass is 9.99. The summed E-state index contributed by atoms with van der Waals surface area (Å²) in [6, 6.07) is 10.8. The van der Waals surface area contributed by atoms with Gasteiger partial charge in [0.05, 0.1) is 29.4 Å². The standard InChI is InChI=1S/C21H15F3N4O4S/c1-33(30,31)19-7-5-13(11-26-19)28-16(10-18(27-28)21(22,23)24)12-4-6-14(15(9-12)20(25)29)17-3-2-8-32-17/h2-11H,1H3,(H2,25,29). The molecular formula is C21H15F3N4O4S. The summed E-state index contributed by atoms with van der Waals surface area (Å²) in [6.45, 7) is 0. The molecule has 0 unspecified atom stereocenters. The van der Waals surface area contributed by atoms with E-state index in [1.54, 1.807) is 12.1 Å². The van der Waals surface area contributed by atoms with Gasteiger partial charge in [-0.2, -0.15) is 18.3 Å². The molecule has 0 fully saturated rings. The number of carbonyl (C=O) groups excluding carboxylic acids is 1. The summed E-state index contributed by atoms with van der Waals surface area (Å²) in [5.41, 5.74) is 5.02. The quantitative estimate of drug-likeness (QED) is 0.469. The fourth-order valence-electron chi connectivity index (χ4n) is 3.19. The number of carbonyl (C=O) groups is 1. The van der Waals surface area contributed by atoms with Crippen LogP contribution in [-0.4, -0.2) is 35.3 Å². The van der Waals surface area contributed by atoms with Crippen LogP contribution in [-0.2, 0) is 16.0 Å². The Morgan fingerprint density at radius 1 is 1.12 bits per heavy atom. The number of nitrogens with two attached hydrogens (primary N) is 1. The van der Waals surface area contributed by atoms with E-state index >= 15 is 0 Å². The van der Waals surface area contributed by atoms with Gasteiger partial charge < -0.3 is 10.2 Å². The van der Waals surface area contributed by atoms with Crippen molar-refractivity contribution in [3.8, 4) is 28.3 Å². The molecule has 0 spiro atoms. The van der Waals surface area contributed by atoms with Gasteiger partial charge >= 0.3 is 6.18 Å². The van der Waals surface area contributed by atoms with Gasteiger partial charge in [0.25, 0.3) is 0 Å². The molecule has 0 aliphatic carbocycles. The van der Waals surface area contributed by atoms with E-state index in [4.69, 9.17) is 10.2 Å². The SMILES string of the molecule is CS(=O)(=O)c1ccc(-n2nc(C(F)(F)F)cc2-c2ccc(-c3ccco3)c(C(N)=O)c2)cn1. The Labute approximate surface area is 185 Å². The van der Waals surface area contributed by atoms with Crippen LogP contribution < -0.4 is 5.73 Å². The third kappa shape index (κ3) is 4.37. The van der Waals surface area contributed by atoms with Gasteiger partial charge in [-0.25, -0.2) is 18.1 Å². The van der Waals surface area contributed by atoms with Crippen LogP contribution >= 0.6 is 0 Å². The number of furan rings is 1. The third-order valence-corrected chi connectivity index (χ3v) is 5.71. The van der Waals surface area contributed by atoms with E-state index in [0.29, 0.717) is 11.3 Å². The number of nitrogens with zero attached hydrogens (tertiary/aromatic N) is 3. The molecule has 0 radical (unpaired) electrons. The summed E-state index contributed by atoms with van der Waals surface area (Å²) >= 11 is 0. The predicted octanol–water partition coefficient (Wildman–Crippen LogP) is 3.72. The van der Waals surface area contributed by atoms with Gasteiger partial charge in [0.1, 0.15) is 5.76 Å². The van der Waals surface area contributed by atoms with E-state index in [1.807, 2.05) is 0 Å². The van der Waals surface area contributed by atoms with Crippen LogP contribution in [0.1, 0.15) is 16.1 Å². The minimum absolute atomic E-state index is 0.00951. The molecule has 3 aromatic heterocycles. The van der Waals surface area contributed by atoms with Crippen molar-refractivity contribution in [1.29, 1.82) is 0 Å². The molecule has 0 atom stereocenters. The number of aromatic nitrogens is 3. The molecule has 0 saturated carbocycles. The largest absolute Gasteiger partial charge is 0.464 e. The van der Waals surface area contributed by atoms with Crippen molar-refractivity contribution in [2.45, 2.75) is 11.2 Å². The maximum atomic E-state index is 13.4. The van der Waals surface area contributed by atoms with Crippen LogP contribution in [0.2, 0.25) is 0 Å². The number of halogens is 3. The van der Waals surface area contributed by atoms with Crippen LogP contribution in [0.25, 0.3) is 28.3 Å². The second kappa shape index (κ2) is 7.89. The van der Waals surface area contributed by atoms with Crippen molar-refractivity contribution in [3.63, 3.8) is 0 Å². The van der Waals surface area contributed by atoms with E-state index in [1.165, 1.54) is 30.5 Å². The second-order valence-corrected chi connectivity index (χ2v) is 9.02. The Bertz CT molecular complexity index is 1440. The van der Waals surface area contributed by atoms with Crippen molar-refractivity contribution < 1.29 is 30.8 Å². The summed E-state index contributed by atoms with van der Waals surface area (Å²) < 4.78 is 69.9. The Morgan fingerprint density at radius 3 is 2.42 bits per heavy atom. The number of primary amides is 1. The fourth-order valence-corrected chi connectivity index (χ4v) is 3.75. The van der Waals surface area contributed by atoms with Crippen LogP contribution in [0, 0.1) is 0 Å². The smallest absolute Gasteiger partial charge is 0.435 e. The van der Waals surface area contributed by atoms with E-state index in [-0.39, 0.29) is 27.5 Å². The van der Waals surface area contributed by atoms with Crippen molar-refractivity contribution >= 4 is 15.7 Å². The number of rotatable bonds is 5. The van der Waals surface area contributed by atoms with Gasteiger partial charge in [0.15, 0.2) is 20.6 Å². The lowest BCUT2D eigenvalue weighted by Crippen LogP contribution is -2.12. The molecule has 8 nitrogen and oxygen atoms in total. The van der Waals surface area contributed by atoms with Crippen LogP contribution in [0.5, 0.6) is 0 Å². The molecule has 0 aliphatic rings. The Hall–Kier alpha value is -3.93. The zero-order valence-electron chi connectivity index (χ0n) is 16.9. The first kappa shape index (κ1) is 22.3. The monoisotopic (exact) mass is 476 g/mol. The highest BCUT2D eigenvalue weighted by Gasteiger charge is 2.35. The molecular weight excluding hydrogens is 461 g/mol. The van der Waals surface area contributed by atoms with E-state index < -0.39 is 27.6 Å². The minimum Gasteiger partial charge on any atom is -0.464 e. The van der Waals surface area contributed by atoms with Gasteiger partial charge in [0, 0.05) is 17.4 Å². The lowest BCUT2D eigenvalue weighted by Gasteiger charge is -2.11. The molecule has 0 aliphatic heterocycles. The average Bonchev–Trinajstić information content (AvgIpc) is 3.43. The lowest BCUT2D eigenvalue weighted by molar-refractivity contribution is -0.141. The molecule has 33 heavy (non-hydrogen) atoms. The summed E-state index contributed by atoms with van der Waals surface area (Å²) in [6.07, 6.45) is -1.28. The van der Waals surface area contributed by atoms with E-state index in [2.05, 4.69) is 10.1 Å². The molecule has 170 valence electrons. The summed E-state index contributed by atoms with van der Waals surface area (Å²) in [5.74, 6) is -0.440. The highest BCUT2D eigenvalue weighted by Crippen LogP contribution is 2.35. The number of sulfone groups is 1. The van der Waals surface area contributed by atoms with Crippen molar-refractivity contribution in [1.82, 2.24) is 14.8 Å². The Balaban J connectivity index is 1.90. The van der Waals surface area contributed by atoms with Crippen molar-refractivity contribution in [3.05, 3.63) is 72.2 Å². The Morgan fingerprint density at radius 2 is 1.88 bits per heavy atom. The van der Waals surface area contributed by atoms with Crippen molar-refractivity contribution in [2.75, 3.05) is 6.26 Å². The highest BCUT2D eigenvalue weighted by atomic mass is 32.2. The van der Waals surface area contributed by atoms with E-state index in [0.717, 1.165) is 29.3 Å². The van der Waals surface area contributed by atoms with Gasteiger partial charge in [-0.15, -0.1) is 0 Å². The fraction of sp³-hybridized carbons (Fsp3) is 0.0952. The molecule has 3 heterocycles. The van der Waals surface area contributed by atoms with Crippen LogP contribution in [0.15, 0.2) is 70.4 Å². The van der Waals surface area contributed by atoms with Gasteiger partial charge in [0.2, 0.25) is 5.91 Å². The Kier molecular flexibility index (Phi) is 5.32. The molecule has 1 aromatic carbocycles. The first-order valence-corrected chi connectivity index (χ1v) is 11.2. The van der Waals surface area contributed by atoms with Gasteiger partial charge in [-0.3, -0.25) is 4.79 Å². The van der Waals surface area contributed by atoms with Gasteiger partial charge in [-0.05, 0) is 42.5 Å². The topological polar surface area (TPSA) is 121 Å². The van der Waals surface area contributed by atoms with E-state index in [9.17, 15) is 26.4 Å². The summed E-state index contributed by atoms with van der Waals surface area (Å²) in [5, 5.41) is 3.39. The highest BCUT2D eigenvalue weighted by molar-refractivity contribution is 7.90. The maximum Gasteiger partial charge on any atom is 0.435 e. The number of amides is 1. The molecule has 0 bridgehead atoms. The first-order valence-electron chi connectivity index (χ1n) is 9.27. The number of benzene rings is 1. The summed E-state index contributed by atoms with van der Waals surface area (Å²) in [4.78, 5) is 15.9. The minimum atomic E-state index is -4.75. The number of pyridine rings is 1. The number of hydrogen-bond acceptors (Lipinski definition) is 6. The maximum absolute atomic E-state index is 13.4. The normalized spacial score (nSPS) is 12.1. The molecule has 2 N–H and O–H groups in total. The number of alkyl halides is 3. The van der Waals surface area contributed by atoms with Crippen molar-refractivity contribution in [2.24, 2.45) is 5.73 Å². The molecule has 1 amide bonds. The predicted molar refractivity (Wildman–Crippen MR) is 111 cm³/mol. The third-order valence-electron chi connectivity index (χ3n) is 4.71. The zero-order chi connectivity index (χ0) is 24.0. The van der Waals surface area contributed by atoms with Crippen LogP contribution in [0.3, 0.4) is 0 Å². The first-order chi connectivity index (χ1) is 15.4. The van der Waals surface area contributed by atoms with Gasteiger partial charge in [-0.1, -0.05) is 6.07 Å². The summed E-state index contributed by atoms with van der Waals surface area (Å²) in [7, 11) is -3.60. The molecule has 12 heteroatoms. The zero-order valence-corrected chi connectivity index (χ0v) is 17.7. The van der Waals surface area contributed by atoms with Crippen LogP contribution in [0.4, 0.5) is 13.2 Å². The molecule has 4 aromatic rings. The molecule has 4 rings (SSSR count). The number of hydrogen-bond donors (Lipinski definition) is 1. The average molecular weight is 476 g/mol. The molecule has 0 saturated heterocycles.